The highest BCUT2D eigenvalue weighted by atomic mass is 16.3. The Morgan fingerprint density at radius 2 is 2.17 bits per heavy atom. The van der Waals surface area contributed by atoms with Crippen LogP contribution in [-0.4, -0.2) is 45.4 Å². The monoisotopic (exact) mass is 316 g/mol. The number of aliphatic hydroxyl groups is 1. The van der Waals surface area contributed by atoms with E-state index < -0.39 is 0 Å². The summed E-state index contributed by atoms with van der Waals surface area (Å²) in [6.07, 6.45) is 5.54. The molecule has 0 aliphatic rings. The minimum Gasteiger partial charge on any atom is -0.395 e. The van der Waals surface area contributed by atoms with Crippen LogP contribution in [-0.2, 0) is 7.05 Å². The standard InChI is InChI=1S/C17H24N4O2/c1-3-4-8-21(9-10-22)17(23)14-6-5-7-15(11-14)19-16-12-18-20(2)13-16/h5-7,11-13,19,22H,3-4,8-10H2,1-2H3. The van der Waals surface area contributed by atoms with Gasteiger partial charge in [0.1, 0.15) is 0 Å². The Kier molecular flexibility index (Phi) is 6.17. The van der Waals surface area contributed by atoms with Gasteiger partial charge in [0.15, 0.2) is 0 Å². The molecule has 0 atom stereocenters. The van der Waals surface area contributed by atoms with Gasteiger partial charge in [-0.1, -0.05) is 19.4 Å². The number of aryl methyl sites for hydroxylation is 1. The predicted octanol–water partition coefficient (Wildman–Crippen LogP) is 2.40. The lowest BCUT2D eigenvalue weighted by atomic mass is 10.1. The fourth-order valence-electron chi connectivity index (χ4n) is 2.35. The first-order valence-corrected chi connectivity index (χ1v) is 7.90. The lowest BCUT2D eigenvalue weighted by molar-refractivity contribution is 0.0719. The van der Waals surface area contributed by atoms with Crippen molar-refractivity contribution in [3.63, 3.8) is 0 Å². The van der Waals surface area contributed by atoms with Gasteiger partial charge in [-0.05, 0) is 24.6 Å². The molecule has 2 N–H and O–H groups in total. The molecule has 0 fully saturated rings. The molecule has 2 aromatic rings. The van der Waals surface area contributed by atoms with E-state index in [2.05, 4.69) is 17.3 Å². The number of unbranched alkanes of at least 4 members (excludes halogenated alkanes) is 1. The second-order valence-electron chi connectivity index (χ2n) is 5.48. The number of aromatic nitrogens is 2. The molecule has 124 valence electrons. The Bertz CT molecular complexity index is 639. The van der Waals surface area contributed by atoms with Gasteiger partial charge in [0.05, 0.1) is 18.5 Å². The average Bonchev–Trinajstić information content (AvgIpc) is 2.96. The average molecular weight is 316 g/mol. The van der Waals surface area contributed by atoms with Crippen LogP contribution in [0.5, 0.6) is 0 Å². The Morgan fingerprint density at radius 1 is 1.35 bits per heavy atom. The van der Waals surface area contributed by atoms with Crippen LogP contribution >= 0.6 is 0 Å². The molecule has 23 heavy (non-hydrogen) atoms. The third-order valence-electron chi connectivity index (χ3n) is 3.54. The summed E-state index contributed by atoms with van der Waals surface area (Å²) in [7, 11) is 1.85. The van der Waals surface area contributed by atoms with E-state index in [1.54, 1.807) is 21.8 Å². The summed E-state index contributed by atoms with van der Waals surface area (Å²) >= 11 is 0. The van der Waals surface area contributed by atoms with Crippen LogP contribution in [0.25, 0.3) is 0 Å². The number of carbonyl (C=O) groups is 1. The SMILES string of the molecule is CCCCN(CCO)C(=O)c1cccc(Nc2cnn(C)c2)c1. The molecule has 1 aromatic carbocycles. The molecule has 0 radical (unpaired) electrons. The van der Waals surface area contributed by atoms with Crippen LogP contribution in [0.2, 0.25) is 0 Å². The summed E-state index contributed by atoms with van der Waals surface area (Å²) in [5.74, 6) is -0.0534. The van der Waals surface area contributed by atoms with Gasteiger partial charge in [-0.15, -0.1) is 0 Å². The first kappa shape index (κ1) is 17.0. The van der Waals surface area contributed by atoms with E-state index in [9.17, 15) is 4.79 Å². The normalized spacial score (nSPS) is 10.6. The summed E-state index contributed by atoms with van der Waals surface area (Å²) in [5, 5.41) is 16.5. The molecular formula is C17H24N4O2. The van der Waals surface area contributed by atoms with Crippen molar-refractivity contribution in [2.75, 3.05) is 25.0 Å². The Balaban J connectivity index is 2.11. The van der Waals surface area contributed by atoms with Gasteiger partial charge in [-0.25, -0.2) is 0 Å². The van der Waals surface area contributed by atoms with E-state index >= 15 is 0 Å². The molecule has 0 spiro atoms. The quantitative estimate of drug-likeness (QED) is 0.784. The highest BCUT2D eigenvalue weighted by Crippen LogP contribution is 2.18. The van der Waals surface area contributed by atoms with Gasteiger partial charge in [0, 0.05) is 37.6 Å². The number of hydrogen-bond donors (Lipinski definition) is 2. The molecule has 0 aliphatic heterocycles. The summed E-state index contributed by atoms with van der Waals surface area (Å²) < 4.78 is 1.71. The number of amides is 1. The number of hydrogen-bond acceptors (Lipinski definition) is 4. The molecule has 1 heterocycles. The largest absolute Gasteiger partial charge is 0.395 e. The van der Waals surface area contributed by atoms with E-state index in [0.717, 1.165) is 24.2 Å². The second kappa shape index (κ2) is 8.33. The van der Waals surface area contributed by atoms with Crippen molar-refractivity contribution in [3.8, 4) is 0 Å². The molecule has 6 heteroatoms. The number of anilines is 2. The third kappa shape index (κ3) is 4.82. The van der Waals surface area contributed by atoms with Crippen LogP contribution in [0.4, 0.5) is 11.4 Å². The number of aliphatic hydroxyl groups excluding tert-OH is 1. The van der Waals surface area contributed by atoms with Crippen molar-refractivity contribution in [1.29, 1.82) is 0 Å². The zero-order valence-electron chi connectivity index (χ0n) is 13.7. The molecule has 0 saturated heterocycles. The maximum atomic E-state index is 12.6. The summed E-state index contributed by atoms with van der Waals surface area (Å²) in [4.78, 5) is 14.3. The minimum atomic E-state index is -0.0534. The maximum absolute atomic E-state index is 12.6. The number of carbonyl (C=O) groups excluding carboxylic acids is 1. The Hall–Kier alpha value is -2.34. The topological polar surface area (TPSA) is 70.4 Å². The number of benzene rings is 1. The lowest BCUT2D eigenvalue weighted by Gasteiger charge is -2.22. The van der Waals surface area contributed by atoms with E-state index in [1.807, 2.05) is 31.4 Å². The van der Waals surface area contributed by atoms with E-state index in [-0.39, 0.29) is 12.5 Å². The Labute approximate surface area is 136 Å². The van der Waals surface area contributed by atoms with Gasteiger partial charge >= 0.3 is 0 Å². The maximum Gasteiger partial charge on any atom is 0.254 e. The first-order chi connectivity index (χ1) is 11.1. The van der Waals surface area contributed by atoms with Gasteiger partial charge in [-0.3, -0.25) is 9.48 Å². The second-order valence-corrected chi connectivity index (χ2v) is 5.48. The zero-order chi connectivity index (χ0) is 16.7. The van der Waals surface area contributed by atoms with Crippen molar-refractivity contribution in [1.82, 2.24) is 14.7 Å². The summed E-state index contributed by atoms with van der Waals surface area (Å²) in [6.45, 7) is 3.08. The van der Waals surface area contributed by atoms with Crippen LogP contribution in [0, 0.1) is 0 Å². The highest BCUT2D eigenvalue weighted by molar-refractivity contribution is 5.95. The van der Waals surface area contributed by atoms with Crippen LogP contribution in [0.1, 0.15) is 30.1 Å². The zero-order valence-corrected chi connectivity index (χ0v) is 13.7. The fraction of sp³-hybridized carbons (Fsp3) is 0.412. The smallest absolute Gasteiger partial charge is 0.254 e. The van der Waals surface area contributed by atoms with E-state index in [0.29, 0.717) is 18.7 Å². The van der Waals surface area contributed by atoms with Gasteiger partial charge < -0.3 is 15.3 Å². The molecule has 0 saturated carbocycles. The number of nitrogens with one attached hydrogen (secondary N) is 1. The van der Waals surface area contributed by atoms with Crippen molar-refractivity contribution in [3.05, 3.63) is 42.2 Å². The molecule has 0 aliphatic carbocycles. The predicted molar refractivity (Wildman–Crippen MR) is 90.8 cm³/mol. The van der Waals surface area contributed by atoms with Crippen molar-refractivity contribution < 1.29 is 9.90 Å². The summed E-state index contributed by atoms with van der Waals surface area (Å²) in [6, 6.07) is 7.38. The summed E-state index contributed by atoms with van der Waals surface area (Å²) in [5.41, 5.74) is 2.32. The van der Waals surface area contributed by atoms with E-state index in [4.69, 9.17) is 5.11 Å². The van der Waals surface area contributed by atoms with Crippen molar-refractivity contribution >= 4 is 17.3 Å². The molecule has 2 rings (SSSR count). The minimum absolute atomic E-state index is 0.0247. The van der Waals surface area contributed by atoms with E-state index in [1.165, 1.54) is 0 Å². The van der Waals surface area contributed by atoms with Crippen LogP contribution in [0.15, 0.2) is 36.7 Å². The molecule has 0 unspecified atom stereocenters. The number of nitrogens with zero attached hydrogens (tertiary/aromatic N) is 3. The lowest BCUT2D eigenvalue weighted by Crippen LogP contribution is -2.34. The van der Waals surface area contributed by atoms with Gasteiger partial charge in [-0.2, -0.15) is 5.10 Å². The van der Waals surface area contributed by atoms with Gasteiger partial charge in [0.25, 0.3) is 5.91 Å². The van der Waals surface area contributed by atoms with Crippen molar-refractivity contribution in [2.45, 2.75) is 19.8 Å². The third-order valence-corrected chi connectivity index (χ3v) is 3.54. The molecule has 0 bridgehead atoms. The van der Waals surface area contributed by atoms with Crippen LogP contribution < -0.4 is 5.32 Å². The number of rotatable bonds is 8. The molecule has 6 nitrogen and oxygen atoms in total. The molecule has 1 amide bonds. The van der Waals surface area contributed by atoms with Gasteiger partial charge in [0.2, 0.25) is 0 Å². The van der Waals surface area contributed by atoms with Crippen LogP contribution in [0.3, 0.4) is 0 Å². The molecule has 1 aromatic heterocycles. The highest BCUT2D eigenvalue weighted by Gasteiger charge is 2.15. The first-order valence-electron chi connectivity index (χ1n) is 7.90. The fourth-order valence-corrected chi connectivity index (χ4v) is 2.35. The molecular weight excluding hydrogens is 292 g/mol. The Morgan fingerprint density at radius 3 is 2.83 bits per heavy atom. The van der Waals surface area contributed by atoms with Crippen molar-refractivity contribution in [2.24, 2.45) is 7.05 Å².